The number of nitrogens with zero attached hydrogens (tertiary/aromatic N) is 1. The fraction of sp³-hybridized carbons (Fsp3) is 0.167. The van der Waals surface area contributed by atoms with Gasteiger partial charge in [0.2, 0.25) is 5.91 Å². The van der Waals surface area contributed by atoms with Crippen molar-refractivity contribution in [3.63, 3.8) is 0 Å². The van der Waals surface area contributed by atoms with Gasteiger partial charge in [0.05, 0.1) is 6.54 Å². The molecule has 2 heterocycles. The summed E-state index contributed by atoms with van der Waals surface area (Å²) in [5.41, 5.74) is -0.190. The third-order valence-electron chi connectivity index (χ3n) is 2.30. The molecule has 0 aliphatic heterocycles. The Hall–Kier alpha value is -1.40. The zero-order chi connectivity index (χ0) is 13.0. The minimum absolute atomic E-state index is 0.0314. The number of amides is 1. The lowest BCUT2D eigenvalue weighted by molar-refractivity contribution is -0.121. The number of aromatic nitrogens is 1. The first kappa shape index (κ1) is 13.0. The molecule has 0 atom stereocenters. The quantitative estimate of drug-likeness (QED) is 0.934. The van der Waals surface area contributed by atoms with E-state index in [9.17, 15) is 9.59 Å². The summed E-state index contributed by atoms with van der Waals surface area (Å²) < 4.78 is 2.14. The average Bonchev–Trinajstić information content (AvgIpc) is 2.84. The molecule has 0 saturated heterocycles. The number of carbonyl (C=O) groups excluding carboxylic acids is 1. The maximum atomic E-state index is 11.7. The van der Waals surface area contributed by atoms with Gasteiger partial charge in [-0.25, -0.2) is 0 Å². The van der Waals surface area contributed by atoms with Crippen LogP contribution in [0.5, 0.6) is 0 Å². The number of hydrogen-bond donors (Lipinski definition) is 1. The summed E-state index contributed by atoms with van der Waals surface area (Å²) in [7, 11) is 0. The Balaban J connectivity index is 1.95. The zero-order valence-electron chi connectivity index (χ0n) is 9.43. The van der Waals surface area contributed by atoms with Crippen molar-refractivity contribution in [1.82, 2.24) is 9.88 Å². The molecule has 0 unspecified atom stereocenters. The Morgan fingerprint density at radius 2 is 2.22 bits per heavy atom. The number of pyridine rings is 1. The normalized spacial score (nSPS) is 10.3. The molecule has 0 bridgehead atoms. The number of hydrogen-bond acceptors (Lipinski definition) is 3. The van der Waals surface area contributed by atoms with E-state index in [0.717, 1.165) is 9.35 Å². The standard InChI is InChI=1S/C12H11BrN2O2S/c13-9-3-4-12(17)15(7-9)8-11(16)14-6-10-2-1-5-18-10/h1-5,7H,6,8H2,(H,14,16). The van der Waals surface area contributed by atoms with Gasteiger partial charge in [-0.1, -0.05) is 6.07 Å². The molecule has 2 aromatic rings. The largest absolute Gasteiger partial charge is 0.350 e. The Labute approximate surface area is 116 Å². The SMILES string of the molecule is O=C(Cn1cc(Br)ccc1=O)NCc1cccs1. The molecule has 1 amide bonds. The highest BCUT2D eigenvalue weighted by Crippen LogP contribution is 2.07. The van der Waals surface area contributed by atoms with Gasteiger partial charge in [0.25, 0.3) is 5.56 Å². The third kappa shape index (κ3) is 3.54. The molecule has 4 nitrogen and oxygen atoms in total. The first-order valence-electron chi connectivity index (χ1n) is 5.30. The maximum Gasteiger partial charge on any atom is 0.251 e. The van der Waals surface area contributed by atoms with Gasteiger partial charge in [-0.15, -0.1) is 11.3 Å². The Bertz CT molecular complexity index is 592. The molecule has 18 heavy (non-hydrogen) atoms. The summed E-state index contributed by atoms with van der Waals surface area (Å²) in [5, 5.41) is 4.74. The van der Waals surface area contributed by atoms with Gasteiger partial charge in [-0.3, -0.25) is 9.59 Å². The van der Waals surface area contributed by atoms with Crippen LogP contribution in [0.15, 0.2) is 45.1 Å². The van der Waals surface area contributed by atoms with E-state index >= 15 is 0 Å². The van der Waals surface area contributed by atoms with Crippen LogP contribution < -0.4 is 10.9 Å². The number of carbonyl (C=O) groups is 1. The van der Waals surface area contributed by atoms with E-state index in [1.165, 1.54) is 10.6 Å². The Kier molecular flexibility index (Phi) is 4.33. The van der Waals surface area contributed by atoms with Crippen LogP contribution in [0.1, 0.15) is 4.88 Å². The summed E-state index contributed by atoms with van der Waals surface area (Å²) >= 11 is 4.85. The van der Waals surface area contributed by atoms with Crippen LogP contribution in [0.3, 0.4) is 0 Å². The van der Waals surface area contributed by atoms with Crippen LogP contribution in [0, 0.1) is 0 Å². The van der Waals surface area contributed by atoms with Crippen molar-refractivity contribution in [2.24, 2.45) is 0 Å². The minimum Gasteiger partial charge on any atom is -0.350 e. The fourth-order valence-corrected chi connectivity index (χ4v) is 2.46. The second-order valence-corrected chi connectivity index (χ2v) is 5.62. The van der Waals surface area contributed by atoms with Gasteiger partial charge in [0, 0.05) is 21.6 Å². The van der Waals surface area contributed by atoms with Crippen molar-refractivity contribution in [3.05, 3.63) is 55.5 Å². The van der Waals surface area contributed by atoms with Gasteiger partial charge in [-0.2, -0.15) is 0 Å². The molecule has 2 aromatic heterocycles. The second kappa shape index (κ2) is 5.97. The van der Waals surface area contributed by atoms with Gasteiger partial charge in [0.15, 0.2) is 0 Å². The number of halogens is 1. The van der Waals surface area contributed by atoms with E-state index in [1.54, 1.807) is 23.6 Å². The molecule has 0 radical (unpaired) electrons. The molecular weight excluding hydrogens is 316 g/mol. The monoisotopic (exact) mass is 326 g/mol. The molecule has 0 fully saturated rings. The number of rotatable bonds is 4. The van der Waals surface area contributed by atoms with E-state index < -0.39 is 0 Å². The molecule has 0 aliphatic rings. The molecule has 1 N–H and O–H groups in total. The maximum absolute atomic E-state index is 11.7. The summed E-state index contributed by atoms with van der Waals surface area (Å²) in [6.07, 6.45) is 1.60. The van der Waals surface area contributed by atoms with Gasteiger partial charge in [0.1, 0.15) is 6.54 Å². The lowest BCUT2D eigenvalue weighted by atomic mass is 10.4. The van der Waals surface area contributed by atoms with Crippen LogP contribution in [0.25, 0.3) is 0 Å². The van der Waals surface area contributed by atoms with Crippen molar-refractivity contribution in [3.8, 4) is 0 Å². The Morgan fingerprint density at radius 3 is 2.94 bits per heavy atom. The summed E-state index contributed by atoms with van der Waals surface area (Å²) in [4.78, 5) is 24.3. The van der Waals surface area contributed by atoms with Crippen molar-refractivity contribution in [2.45, 2.75) is 13.1 Å². The molecule has 2 rings (SSSR count). The van der Waals surface area contributed by atoms with E-state index in [4.69, 9.17) is 0 Å². The molecule has 0 aliphatic carbocycles. The Morgan fingerprint density at radius 1 is 1.39 bits per heavy atom. The zero-order valence-corrected chi connectivity index (χ0v) is 11.8. The van der Waals surface area contributed by atoms with E-state index in [1.807, 2.05) is 17.5 Å². The first-order valence-corrected chi connectivity index (χ1v) is 6.97. The predicted molar refractivity (Wildman–Crippen MR) is 74.6 cm³/mol. The fourth-order valence-electron chi connectivity index (χ4n) is 1.44. The average molecular weight is 327 g/mol. The highest BCUT2D eigenvalue weighted by Gasteiger charge is 2.05. The van der Waals surface area contributed by atoms with Crippen molar-refractivity contribution >= 4 is 33.2 Å². The van der Waals surface area contributed by atoms with Crippen molar-refractivity contribution in [2.75, 3.05) is 0 Å². The number of nitrogens with one attached hydrogen (secondary N) is 1. The summed E-state index contributed by atoms with van der Waals surface area (Å²) in [6.45, 7) is 0.531. The summed E-state index contributed by atoms with van der Waals surface area (Å²) in [6, 6.07) is 6.97. The third-order valence-corrected chi connectivity index (χ3v) is 3.65. The van der Waals surface area contributed by atoms with Crippen LogP contribution >= 0.6 is 27.3 Å². The lowest BCUT2D eigenvalue weighted by Crippen LogP contribution is -2.31. The van der Waals surface area contributed by atoms with Crippen molar-refractivity contribution in [1.29, 1.82) is 0 Å². The molecule has 0 saturated carbocycles. The van der Waals surface area contributed by atoms with Crippen LogP contribution in [-0.2, 0) is 17.9 Å². The van der Waals surface area contributed by atoms with Gasteiger partial charge >= 0.3 is 0 Å². The first-order chi connectivity index (χ1) is 8.65. The van der Waals surface area contributed by atoms with E-state index in [-0.39, 0.29) is 18.0 Å². The molecule has 0 aromatic carbocycles. The highest BCUT2D eigenvalue weighted by molar-refractivity contribution is 9.10. The summed E-state index contributed by atoms with van der Waals surface area (Å²) in [5.74, 6) is -0.177. The minimum atomic E-state index is -0.190. The van der Waals surface area contributed by atoms with Gasteiger partial charge in [-0.05, 0) is 33.4 Å². The number of thiophene rings is 1. The second-order valence-electron chi connectivity index (χ2n) is 3.67. The van der Waals surface area contributed by atoms with Crippen LogP contribution in [0.4, 0.5) is 0 Å². The lowest BCUT2D eigenvalue weighted by Gasteiger charge is -2.06. The van der Waals surface area contributed by atoms with E-state index in [0.29, 0.717) is 6.54 Å². The van der Waals surface area contributed by atoms with E-state index in [2.05, 4.69) is 21.2 Å². The predicted octanol–water partition coefficient (Wildman–Crippen LogP) is 1.99. The van der Waals surface area contributed by atoms with Gasteiger partial charge < -0.3 is 9.88 Å². The smallest absolute Gasteiger partial charge is 0.251 e. The topological polar surface area (TPSA) is 51.1 Å². The molecule has 94 valence electrons. The van der Waals surface area contributed by atoms with Crippen LogP contribution in [-0.4, -0.2) is 10.5 Å². The van der Waals surface area contributed by atoms with Crippen molar-refractivity contribution < 1.29 is 4.79 Å². The molecule has 0 spiro atoms. The van der Waals surface area contributed by atoms with Crippen LogP contribution in [0.2, 0.25) is 0 Å². The molecular formula is C12H11BrN2O2S. The highest BCUT2D eigenvalue weighted by atomic mass is 79.9. The molecule has 6 heteroatoms.